The highest BCUT2D eigenvalue weighted by Crippen LogP contribution is 2.30. The van der Waals surface area contributed by atoms with Crippen molar-refractivity contribution in [2.24, 2.45) is 0 Å². The normalized spacial score (nSPS) is 20.9. The van der Waals surface area contributed by atoms with Gasteiger partial charge in [-0.25, -0.2) is 9.18 Å². The molecular weight excluding hydrogens is 463 g/mol. The molecule has 2 N–H and O–H groups in total. The number of hydrogen-bond donors (Lipinski definition) is 2. The van der Waals surface area contributed by atoms with E-state index in [9.17, 15) is 23.6 Å². The van der Waals surface area contributed by atoms with Crippen molar-refractivity contribution in [2.75, 3.05) is 26.0 Å². The van der Waals surface area contributed by atoms with E-state index < -0.39 is 43.1 Å². The number of methoxy groups -OCH3 is 1. The molecule has 2 heterocycles. The number of carbonyl (C=O) groups excluding carboxylic acids is 3. The van der Waals surface area contributed by atoms with E-state index in [1.807, 2.05) is 0 Å². The number of benzene rings is 1. The zero-order valence-electron chi connectivity index (χ0n) is 20.9. The van der Waals surface area contributed by atoms with Gasteiger partial charge in [0.2, 0.25) is 5.91 Å². The predicted octanol–water partition coefficient (Wildman–Crippen LogP) is 1.34. The molecule has 0 aliphatic carbocycles. The molecule has 2 amide bonds. The molecule has 12 heteroatoms. The fraction of sp³-hybridized carbons (Fsp3) is 0.435. The van der Waals surface area contributed by atoms with Gasteiger partial charge in [0.25, 0.3) is 5.91 Å². The van der Waals surface area contributed by atoms with E-state index in [0.29, 0.717) is 5.56 Å². The van der Waals surface area contributed by atoms with Crippen LogP contribution in [0.2, 0.25) is 0 Å². The lowest BCUT2D eigenvalue weighted by atomic mass is 10.1. The first kappa shape index (κ1) is 23.1. The fourth-order valence-electron chi connectivity index (χ4n) is 3.35. The van der Waals surface area contributed by atoms with Crippen LogP contribution in [0.3, 0.4) is 0 Å². The summed E-state index contributed by atoms with van der Waals surface area (Å²) in [6.45, 7) is -0.170. The quantitative estimate of drug-likeness (QED) is 0.473. The van der Waals surface area contributed by atoms with Crippen molar-refractivity contribution in [1.29, 1.82) is 0 Å². The SMILES string of the molecule is [2H]C([3H])OC[C@@H]1C[C@@H](F)[C@H](n2ccc(NC(=O)c3ccc(COC(=O)CCC(=O)NC)cc3)nc2=O)O1. The molecular formula is C23H27FN4O7. The largest absolute Gasteiger partial charge is 0.461 e. The molecule has 1 saturated heterocycles. The zero-order valence-corrected chi connectivity index (χ0v) is 18.9. The minimum atomic E-state index is -1.52. The predicted molar refractivity (Wildman–Crippen MR) is 121 cm³/mol. The van der Waals surface area contributed by atoms with Crippen molar-refractivity contribution in [3.8, 4) is 0 Å². The molecule has 0 spiro atoms. The number of aromatic nitrogens is 2. The van der Waals surface area contributed by atoms with Gasteiger partial charge in [0.05, 0.1) is 21.9 Å². The van der Waals surface area contributed by atoms with Crippen LogP contribution in [0.25, 0.3) is 0 Å². The molecule has 1 aliphatic heterocycles. The first-order chi connectivity index (χ1) is 17.7. The van der Waals surface area contributed by atoms with Gasteiger partial charge in [0.15, 0.2) is 6.23 Å². The molecule has 1 aromatic heterocycles. The molecule has 0 saturated carbocycles. The van der Waals surface area contributed by atoms with Crippen molar-refractivity contribution in [3.05, 3.63) is 58.1 Å². The summed E-state index contributed by atoms with van der Waals surface area (Å²) in [6, 6.07) is 7.52. The molecule has 35 heavy (non-hydrogen) atoms. The maximum Gasteiger partial charge on any atom is 0.351 e. The van der Waals surface area contributed by atoms with E-state index in [1.165, 1.54) is 31.4 Å². The Kier molecular flexibility index (Phi) is 8.04. The second kappa shape index (κ2) is 12.2. The third-order valence-electron chi connectivity index (χ3n) is 5.21. The van der Waals surface area contributed by atoms with E-state index >= 15 is 0 Å². The van der Waals surface area contributed by atoms with Gasteiger partial charge in [-0.3, -0.25) is 19.0 Å². The molecule has 3 rings (SSSR count). The maximum absolute atomic E-state index is 14.4. The van der Waals surface area contributed by atoms with Crippen LogP contribution in [0, 0.1) is 0 Å². The molecule has 0 radical (unpaired) electrons. The average molecular weight is 494 g/mol. The van der Waals surface area contributed by atoms with Crippen molar-refractivity contribution >= 4 is 23.6 Å². The molecule has 1 unspecified atom stereocenters. The van der Waals surface area contributed by atoms with Crippen LogP contribution in [0.15, 0.2) is 41.3 Å². The Morgan fingerprint density at radius 3 is 2.77 bits per heavy atom. The number of nitrogens with zero attached hydrogens (tertiary/aromatic N) is 2. The minimum Gasteiger partial charge on any atom is -0.461 e. The Hall–Kier alpha value is -3.64. The second-order valence-corrected chi connectivity index (χ2v) is 7.72. The van der Waals surface area contributed by atoms with E-state index in [4.69, 9.17) is 17.0 Å². The van der Waals surface area contributed by atoms with Crippen molar-refractivity contribution < 1.29 is 35.7 Å². The van der Waals surface area contributed by atoms with Crippen molar-refractivity contribution in [3.63, 3.8) is 0 Å². The van der Waals surface area contributed by atoms with Crippen molar-refractivity contribution in [2.45, 2.75) is 44.4 Å². The average Bonchev–Trinajstić information content (AvgIpc) is 3.25. The number of anilines is 1. The third-order valence-corrected chi connectivity index (χ3v) is 5.21. The number of ether oxygens (including phenoxy) is 3. The van der Waals surface area contributed by atoms with Gasteiger partial charge in [0.1, 0.15) is 18.6 Å². The number of nitrogens with one attached hydrogen (secondary N) is 2. The smallest absolute Gasteiger partial charge is 0.351 e. The highest BCUT2D eigenvalue weighted by Gasteiger charge is 2.37. The van der Waals surface area contributed by atoms with Gasteiger partial charge in [-0.1, -0.05) is 12.1 Å². The number of rotatable bonds is 10. The van der Waals surface area contributed by atoms with Gasteiger partial charge in [-0.15, -0.1) is 0 Å². The van der Waals surface area contributed by atoms with E-state index in [1.54, 1.807) is 12.1 Å². The van der Waals surface area contributed by atoms with Crippen LogP contribution in [0.5, 0.6) is 0 Å². The lowest BCUT2D eigenvalue weighted by molar-refractivity contribution is -0.146. The molecule has 0 bridgehead atoms. The fourth-order valence-corrected chi connectivity index (χ4v) is 3.35. The number of halogens is 1. The number of esters is 1. The summed E-state index contributed by atoms with van der Waals surface area (Å²) in [5.74, 6) is -1.37. The summed E-state index contributed by atoms with van der Waals surface area (Å²) < 4.78 is 44.8. The maximum atomic E-state index is 14.4. The first-order valence-electron chi connectivity index (χ1n) is 11.9. The molecule has 1 fully saturated rings. The number of amides is 2. The van der Waals surface area contributed by atoms with Crippen LogP contribution in [-0.2, 0) is 30.4 Å². The molecule has 11 nitrogen and oxygen atoms in total. The Bertz CT molecular complexity index is 1160. The summed E-state index contributed by atoms with van der Waals surface area (Å²) in [7, 11) is -0.0429. The number of hydrogen-bond acceptors (Lipinski definition) is 8. The van der Waals surface area contributed by atoms with Crippen LogP contribution in [-0.4, -0.2) is 60.3 Å². The van der Waals surface area contributed by atoms with Crippen LogP contribution < -0.4 is 16.3 Å². The van der Waals surface area contributed by atoms with E-state index in [0.717, 1.165) is 4.57 Å². The van der Waals surface area contributed by atoms with E-state index in [-0.39, 0.29) is 49.8 Å². The lowest BCUT2D eigenvalue weighted by Gasteiger charge is -2.16. The summed E-state index contributed by atoms with van der Waals surface area (Å²) >= 11 is 0. The van der Waals surface area contributed by atoms with Crippen molar-refractivity contribution in [1.82, 2.24) is 14.9 Å². The highest BCUT2D eigenvalue weighted by atomic mass is 19.1. The van der Waals surface area contributed by atoms with Gasteiger partial charge >= 0.3 is 11.7 Å². The third kappa shape index (κ3) is 7.17. The number of alkyl halides is 1. The Balaban J connectivity index is 1.53. The van der Waals surface area contributed by atoms with E-state index in [2.05, 4.69) is 15.6 Å². The standard InChI is InChI=1S/C23H27FN4O7/c1-25-19(29)7-8-20(30)34-12-14-3-5-15(6-4-14)21(31)26-18-9-10-28(23(32)27-18)22-17(24)11-16(35-22)13-33-2/h3-6,9-10,16-17,22H,7-8,11-13H2,1-2H3,(H,25,29)(H,26,27,31,32)/t16-,17+,22+/m0/s1/i2TD/t2?,16-,17+,22+. The van der Waals surface area contributed by atoms with Crippen LogP contribution in [0.1, 0.15) is 44.2 Å². The summed E-state index contributed by atoms with van der Waals surface area (Å²) in [6.07, 6.45) is -2.28. The van der Waals surface area contributed by atoms with Gasteiger partial charge < -0.3 is 24.8 Å². The Morgan fingerprint density at radius 2 is 2.09 bits per heavy atom. The van der Waals surface area contributed by atoms with Gasteiger partial charge in [-0.05, 0) is 23.8 Å². The summed E-state index contributed by atoms with van der Waals surface area (Å²) in [5.41, 5.74) is 0.0561. The van der Waals surface area contributed by atoms with Gasteiger partial charge in [-0.2, -0.15) is 4.98 Å². The Morgan fingerprint density at radius 1 is 1.31 bits per heavy atom. The number of carbonyl (C=O) groups is 3. The Labute approximate surface area is 203 Å². The van der Waals surface area contributed by atoms with Crippen LogP contribution in [0.4, 0.5) is 10.2 Å². The lowest BCUT2D eigenvalue weighted by Crippen LogP contribution is -2.31. The summed E-state index contributed by atoms with van der Waals surface area (Å²) in [5, 5.41) is 4.90. The highest BCUT2D eigenvalue weighted by molar-refractivity contribution is 6.03. The zero-order chi connectivity index (χ0) is 26.9. The second-order valence-electron chi connectivity index (χ2n) is 7.72. The van der Waals surface area contributed by atoms with Gasteiger partial charge in [0, 0.05) is 38.7 Å². The molecule has 4 atom stereocenters. The van der Waals surface area contributed by atoms with Crippen LogP contribution >= 0.6 is 0 Å². The topological polar surface area (TPSA) is 138 Å². The minimum absolute atomic E-state index is 0.0210. The molecule has 1 aliphatic rings. The summed E-state index contributed by atoms with van der Waals surface area (Å²) in [4.78, 5) is 51.6. The first-order valence-corrected chi connectivity index (χ1v) is 10.8. The molecule has 2 aromatic rings. The monoisotopic (exact) mass is 493 g/mol. The molecule has 1 aromatic carbocycles. The molecule has 188 valence electrons.